The Labute approximate surface area is 180 Å². The van der Waals surface area contributed by atoms with Crippen LogP contribution in [0.4, 0.5) is 5.00 Å². The standard InChI is InChI=1S/C24H25NO4S/c1-3-28-19-13-11-18(12-14-19)20-16-30-23(22(20)24(27)29-4-2)25-21(26)15-10-17-8-6-5-7-9-17/h5-9,11-14,16H,3-4,10,15H2,1-2H3,(H,25,26). The van der Waals surface area contributed by atoms with Crippen molar-refractivity contribution in [2.75, 3.05) is 18.5 Å². The lowest BCUT2D eigenvalue weighted by Gasteiger charge is -2.09. The second kappa shape index (κ2) is 10.6. The zero-order valence-corrected chi connectivity index (χ0v) is 18.0. The number of carbonyl (C=O) groups is 2. The first-order valence-corrected chi connectivity index (χ1v) is 10.9. The van der Waals surface area contributed by atoms with Crippen molar-refractivity contribution >= 4 is 28.2 Å². The topological polar surface area (TPSA) is 64.6 Å². The van der Waals surface area contributed by atoms with Crippen LogP contribution in [0.3, 0.4) is 0 Å². The monoisotopic (exact) mass is 423 g/mol. The fourth-order valence-electron chi connectivity index (χ4n) is 3.06. The van der Waals surface area contributed by atoms with Crippen molar-refractivity contribution in [2.45, 2.75) is 26.7 Å². The molecule has 2 aromatic carbocycles. The highest BCUT2D eigenvalue weighted by Crippen LogP contribution is 2.37. The van der Waals surface area contributed by atoms with Gasteiger partial charge >= 0.3 is 5.97 Å². The number of anilines is 1. The summed E-state index contributed by atoms with van der Waals surface area (Å²) in [5, 5.41) is 5.28. The number of rotatable bonds is 9. The van der Waals surface area contributed by atoms with Crippen LogP contribution in [0.15, 0.2) is 60.0 Å². The Morgan fingerprint density at radius 3 is 2.37 bits per heavy atom. The molecule has 0 unspecified atom stereocenters. The fourth-order valence-corrected chi connectivity index (χ4v) is 4.03. The van der Waals surface area contributed by atoms with Gasteiger partial charge in [-0.15, -0.1) is 11.3 Å². The molecular formula is C24H25NO4S. The van der Waals surface area contributed by atoms with Gasteiger partial charge in [-0.2, -0.15) is 0 Å². The van der Waals surface area contributed by atoms with Gasteiger partial charge in [0.2, 0.25) is 5.91 Å². The minimum atomic E-state index is -0.444. The summed E-state index contributed by atoms with van der Waals surface area (Å²) in [7, 11) is 0. The summed E-state index contributed by atoms with van der Waals surface area (Å²) in [6.07, 6.45) is 0.973. The van der Waals surface area contributed by atoms with E-state index in [9.17, 15) is 9.59 Å². The van der Waals surface area contributed by atoms with E-state index < -0.39 is 5.97 Å². The summed E-state index contributed by atoms with van der Waals surface area (Å²) < 4.78 is 10.7. The van der Waals surface area contributed by atoms with Crippen LogP contribution >= 0.6 is 11.3 Å². The van der Waals surface area contributed by atoms with Gasteiger partial charge < -0.3 is 14.8 Å². The zero-order valence-electron chi connectivity index (χ0n) is 17.1. The molecule has 0 saturated carbocycles. The first-order chi connectivity index (χ1) is 14.6. The first-order valence-electron chi connectivity index (χ1n) is 9.98. The predicted molar refractivity (Wildman–Crippen MR) is 120 cm³/mol. The van der Waals surface area contributed by atoms with E-state index in [4.69, 9.17) is 9.47 Å². The Morgan fingerprint density at radius 1 is 0.967 bits per heavy atom. The third-order valence-corrected chi connectivity index (χ3v) is 5.38. The molecule has 0 bridgehead atoms. The highest BCUT2D eigenvalue weighted by Gasteiger charge is 2.22. The van der Waals surface area contributed by atoms with Gasteiger partial charge in [-0.3, -0.25) is 4.79 Å². The van der Waals surface area contributed by atoms with Crippen molar-refractivity contribution in [1.82, 2.24) is 0 Å². The van der Waals surface area contributed by atoms with Crippen LogP contribution in [0.5, 0.6) is 5.75 Å². The number of hydrogen-bond acceptors (Lipinski definition) is 5. The molecule has 0 fully saturated rings. The number of nitrogens with one attached hydrogen (secondary N) is 1. The van der Waals surface area contributed by atoms with Gasteiger partial charge in [-0.1, -0.05) is 42.5 Å². The van der Waals surface area contributed by atoms with Crippen LogP contribution in [0.2, 0.25) is 0 Å². The third-order valence-electron chi connectivity index (χ3n) is 4.48. The first kappa shape index (κ1) is 21.6. The van der Waals surface area contributed by atoms with E-state index in [1.54, 1.807) is 6.92 Å². The number of hydrogen-bond donors (Lipinski definition) is 1. The molecule has 1 heterocycles. The Hall–Kier alpha value is -3.12. The Morgan fingerprint density at radius 2 is 1.70 bits per heavy atom. The predicted octanol–water partition coefficient (Wildman–Crippen LogP) is 5.56. The van der Waals surface area contributed by atoms with Crippen molar-refractivity contribution in [2.24, 2.45) is 0 Å². The Bertz CT molecular complexity index is 980. The van der Waals surface area contributed by atoms with Gasteiger partial charge in [0.1, 0.15) is 16.3 Å². The molecule has 6 heteroatoms. The molecule has 1 amide bonds. The van der Waals surface area contributed by atoms with Crippen molar-refractivity contribution in [3.05, 3.63) is 71.1 Å². The molecule has 0 aliphatic carbocycles. The van der Waals surface area contributed by atoms with Crippen molar-refractivity contribution in [3.63, 3.8) is 0 Å². The summed E-state index contributed by atoms with van der Waals surface area (Å²) in [5.41, 5.74) is 3.08. The molecular weight excluding hydrogens is 398 g/mol. The molecule has 3 aromatic rings. The maximum absolute atomic E-state index is 12.7. The van der Waals surface area contributed by atoms with E-state index in [0.29, 0.717) is 30.0 Å². The smallest absolute Gasteiger partial charge is 0.341 e. The Kier molecular flexibility index (Phi) is 7.63. The van der Waals surface area contributed by atoms with Crippen LogP contribution in [0.1, 0.15) is 36.2 Å². The van der Waals surface area contributed by atoms with Gasteiger partial charge in [0.05, 0.1) is 13.2 Å². The van der Waals surface area contributed by atoms with Gasteiger partial charge in [0.15, 0.2) is 0 Å². The molecule has 1 aromatic heterocycles. The number of carbonyl (C=O) groups excluding carboxylic acids is 2. The second-order valence-electron chi connectivity index (χ2n) is 6.57. The lowest BCUT2D eigenvalue weighted by atomic mass is 10.0. The fraction of sp³-hybridized carbons (Fsp3) is 0.250. The Balaban J connectivity index is 1.80. The van der Waals surface area contributed by atoms with Crippen LogP contribution in [0, 0.1) is 0 Å². The highest BCUT2D eigenvalue weighted by atomic mass is 32.1. The van der Waals surface area contributed by atoms with E-state index in [1.165, 1.54) is 11.3 Å². The van der Waals surface area contributed by atoms with Gasteiger partial charge in [0, 0.05) is 17.4 Å². The molecule has 0 atom stereocenters. The largest absolute Gasteiger partial charge is 0.494 e. The van der Waals surface area contributed by atoms with Gasteiger partial charge in [0.25, 0.3) is 0 Å². The molecule has 0 aliphatic rings. The van der Waals surface area contributed by atoms with E-state index >= 15 is 0 Å². The normalized spacial score (nSPS) is 10.5. The van der Waals surface area contributed by atoms with E-state index in [1.807, 2.05) is 66.9 Å². The number of benzene rings is 2. The number of amides is 1. The molecule has 5 nitrogen and oxygen atoms in total. The molecule has 1 N–H and O–H groups in total. The second-order valence-corrected chi connectivity index (χ2v) is 7.44. The summed E-state index contributed by atoms with van der Waals surface area (Å²) in [6.45, 7) is 4.54. The van der Waals surface area contributed by atoms with E-state index in [-0.39, 0.29) is 12.5 Å². The molecule has 156 valence electrons. The number of aryl methyl sites for hydroxylation is 1. The van der Waals surface area contributed by atoms with Crippen molar-refractivity contribution < 1.29 is 19.1 Å². The maximum Gasteiger partial charge on any atom is 0.341 e. The minimum absolute atomic E-state index is 0.135. The highest BCUT2D eigenvalue weighted by molar-refractivity contribution is 7.15. The molecule has 0 radical (unpaired) electrons. The summed E-state index contributed by atoms with van der Waals surface area (Å²) in [6, 6.07) is 17.4. The maximum atomic E-state index is 12.7. The number of esters is 1. The van der Waals surface area contributed by atoms with Crippen LogP contribution in [-0.4, -0.2) is 25.1 Å². The molecule has 0 saturated heterocycles. The lowest BCUT2D eigenvalue weighted by Crippen LogP contribution is -2.15. The van der Waals surface area contributed by atoms with Gasteiger partial charge in [-0.25, -0.2) is 4.79 Å². The van der Waals surface area contributed by atoms with Crippen LogP contribution < -0.4 is 10.1 Å². The molecule has 0 spiro atoms. The van der Waals surface area contributed by atoms with Gasteiger partial charge in [-0.05, 0) is 43.5 Å². The average Bonchev–Trinajstić information content (AvgIpc) is 3.17. The van der Waals surface area contributed by atoms with Crippen LogP contribution in [0.25, 0.3) is 11.1 Å². The number of ether oxygens (including phenoxy) is 2. The third kappa shape index (κ3) is 5.48. The van der Waals surface area contributed by atoms with E-state index in [0.717, 1.165) is 22.4 Å². The minimum Gasteiger partial charge on any atom is -0.494 e. The zero-order chi connectivity index (χ0) is 21.3. The SMILES string of the molecule is CCOC(=O)c1c(-c2ccc(OCC)cc2)csc1NC(=O)CCc1ccccc1. The van der Waals surface area contributed by atoms with Crippen molar-refractivity contribution in [3.8, 4) is 16.9 Å². The quantitative estimate of drug-likeness (QED) is 0.458. The molecule has 30 heavy (non-hydrogen) atoms. The summed E-state index contributed by atoms with van der Waals surface area (Å²) in [4.78, 5) is 25.2. The van der Waals surface area contributed by atoms with Crippen molar-refractivity contribution in [1.29, 1.82) is 0 Å². The lowest BCUT2D eigenvalue weighted by molar-refractivity contribution is -0.116. The molecule has 0 aliphatic heterocycles. The molecule has 3 rings (SSSR count). The average molecular weight is 424 g/mol. The van der Waals surface area contributed by atoms with E-state index in [2.05, 4.69) is 5.32 Å². The summed E-state index contributed by atoms with van der Waals surface area (Å²) in [5.74, 6) is 0.189. The summed E-state index contributed by atoms with van der Waals surface area (Å²) >= 11 is 1.33. The van der Waals surface area contributed by atoms with Crippen LogP contribution in [-0.2, 0) is 16.0 Å². The number of thiophene rings is 1.